The first kappa shape index (κ1) is 21.6. The van der Waals surface area contributed by atoms with E-state index in [1.807, 2.05) is 26.2 Å². The number of aromatic amines is 1. The average Bonchev–Trinajstić information content (AvgIpc) is 3.19. The molecule has 8 nitrogen and oxygen atoms in total. The molecule has 9 heteroatoms. The lowest BCUT2D eigenvalue weighted by atomic mass is 10.1. The van der Waals surface area contributed by atoms with E-state index < -0.39 is 0 Å². The van der Waals surface area contributed by atoms with Crippen molar-refractivity contribution in [1.82, 2.24) is 25.1 Å². The number of hydrogen-bond acceptors (Lipinski definition) is 7. The van der Waals surface area contributed by atoms with Crippen molar-refractivity contribution in [3.05, 3.63) is 34.7 Å². The highest BCUT2D eigenvalue weighted by Crippen LogP contribution is 2.34. The number of rotatable bonds is 7. The molecule has 0 bridgehead atoms. The fourth-order valence-electron chi connectivity index (χ4n) is 3.99. The number of ether oxygens (including phenoxy) is 1. The molecule has 0 amide bonds. The second-order valence-electron chi connectivity index (χ2n) is 8.14. The van der Waals surface area contributed by atoms with E-state index >= 15 is 0 Å². The highest BCUT2D eigenvalue weighted by atomic mass is 35.5. The van der Waals surface area contributed by atoms with Crippen LogP contribution in [0.3, 0.4) is 0 Å². The van der Waals surface area contributed by atoms with Gasteiger partial charge in [0.25, 0.3) is 0 Å². The molecule has 1 saturated heterocycles. The summed E-state index contributed by atoms with van der Waals surface area (Å²) in [6, 6.07) is 4.08. The van der Waals surface area contributed by atoms with E-state index in [1.54, 1.807) is 6.33 Å². The first-order valence-electron chi connectivity index (χ1n) is 10.7. The van der Waals surface area contributed by atoms with Crippen LogP contribution in [0.25, 0.3) is 11.0 Å². The van der Waals surface area contributed by atoms with Crippen LogP contribution in [0.1, 0.15) is 18.2 Å². The van der Waals surface area contributed by atoms with Crippen LogP contribution in [0.5, 0.6) is 5.75 Å². The van der Waals surface area contributed by atoms with Crippen molar-refractivity contribution in [3.8, 4) is 5.75 Å². The average molecular weight is 444 g/mol. The zero-order valence-electron chi connectivity index (χ0n) is 18.7. The summed E-state index contributed by atoms with van der Waals surface area (Å²) in [7, 11) is 4.06. The maximum Gasteiger partial charge on any atom is 0.160 e. The minimum atomic E-state index is 0.616. The molecule has 1 aromatic carbocycles. The lowest BCUT2D eigenvalue weighted by molar-refractivity contribution is 0.261. The number of nitrogens with one attached hydrogen (secondary N) is 1. The summed E-state index contributed by atoms with van der Waals surface area (Å²) in [6.07, 6.45) is 2.46. The molecule has 0 aliphatic carbocycles. The lowest BCUT2D eigenvalue weighted by Crippen LogP contribution is -2.47. The molecule has 166 valence electrons. The monoisotopic (exact) mass is 443 g/mol. The largest absolute Gasteiger partial charge is 0.491 e. The van der Waals surface area contributed by atoms with Crippen molar-refractivity contribution in [1.29, 1.82) is 0 Å². The van der Waals surface area contributed by atoms with Crippen molar-refractivity contribution >= 4 is 34.1 Å². The van der Waals surface area contributed by atoms with Gasteiger partial charge >= 0.3 is 0 Å². The van der Waals surface area contributed by atoms with Crippen LogP contribution in [0, 0.1) is 6.92 Å². The molecule has 3 heterocycles. The molecular weight excluding hydrogens is 414 g/mol. The standard InChI is InChI=1S/C22H30ClN7O/c1-5-17-20-21(27-26-17)24-14-25-22(20)30-8-6-29(7-9-30)18-13-16(23)19(12-15(18)2)31-11-10-28(3)4/h12-14H,5-11H2,1-4H3,(H,24,25,26,27). The van der Waals surface area contributed by atoms with E-state index in [9.17, 15) is 0 Å². The first-order valence-corrected chi connectivity index (χ1v) is 11.1. The van der Waals surface area contributed by atoms with Gasteiger partial charge in [0.05, 0.1) is 16.1 Å². The molecule has 0 radical (unpaired) electrons. The Kier molecular flexibility index (Phi) is 6.48. The molecule has 0 spiro atoms. The van der Waals surface area contributed by atoms with Crippen LogP contribution in [0.2, 0.25) is 5.02 Å². The maximum absolute atomic E-state index is 6.54. The molecule has 1 aliphatic rings. The van der Waals surface area contributed by atoms with Crippen LogP contribution in [0.4, 0.5) is 11.5 Å². The van der Waals surface area contributed by atoms with Gasteiger partial charge in [0.2, 0.25) is 0 Å². The van der Waals surface area contributed by atoms with E-state index in [1.165, 1.54) is 5.56 Å². The van der Waals surface area contributed by atoms with Crippen LogP contribution in [0.15, 0.2) is 18.5 Å². The molecule has 4 rings (SSSR count). The van der Waals surface area contributed by atoms with Gasteiger partial charge in [-0.3, -0.25) is 5.10 Å². The summed E-state index contributed by atoms with van der Waals surface area (Å²) in [5.74, 6) is 1.72. The number of nitrogens with zero attached hydrogens (tertiary/aromatic N) is 6. The summed E-state index contributed by atoms with van der Waals surface area (Å²) in [5, 5.41) is 9.12. The number of piperazine rings is 1. The number of fused-ring (bicyclic) bond motifs is 1. The van der Waals surface area contributed by atoms with Crippen LogP contribution in [-0.2, 0) is 6.42 Å². The quantitative estimate of drug-likeness (QED) is 0.601. The molecule has 2 aromatic heterocycles. The smallest absolute Gasteiger partial charge is 0.160 e. The molecular formula is C22H30ClN7O. The van der Waals surface area contributed by atoms with E-state index in [-0.39, 0.29) is 0 Å². The molecule has 3 aromatic rings. The third kappa shape index (κ3) is 4.55. The third-order valence-electron chi connectivity index (χ3n) is 5.71. The number of likely N-dealkylation sites (N-methyl/N-ethyl adjacent to an activating group) is 1. The first-order chi connectivity index (χ1) is 15.0. The Hall–Kier alpha value is -2.58. The Morgan fingerprint density at radius 3 is 2.58 bits per heavy atom. The van der Waals surface area contributed by atoms with Crippen molar-refractivity contribution in [2.75, 3.05) is 63.2 Å². The van der Waals surface area contributed by atoms with Gasteiger partial charge in [-0.1, -0.05) is 18.5 Å². The number of aromatic nitrogens is 4. The summed E-state index contributed by atoms with van der Waals surface area (Å²) in [4.78, 5) is 15.7. The molecule has 1 N–H and O–H groups in total. The van der Waals surface area contributed by atoms with E-state index in [0.717, 1.165) is 73.1 Å². The van der Waals surface area contributed by atoms with Gasteiger partial charge in [-0.2, -0.15) is 5.10 Å². The van der Waals surface area contributed by atoms with Gasteiger partial charge in [-0.15, -0.1) is 0 Å². The molecule has 0 atom stereocenters. The van der Waals surface area contributed by atoms with Gasteiger partial charge in [0.1, 0.15) is 24.5 Å². The van der Waals surface area contributed by atoms with Gasteiger partial charge in [0, 0.05) is 38.4 Å². The zero-order valence-corrected chi connectivity index (χ0v) is 19.4. The zero-order chi connectivity index (χ0) is 22.0. The Labute approximate surface area is 188 Å². The van der Waals surface area contributed by atoms with Crippen molar-refractivity contribution in [2.45, 2.75) is 20.3 Å². The van der Waals surface area contributed by atoms with Crippen molar-refractivity contribution < 1.29 is 4.74 Å². The molecule has 1 fully saturated rings. The topological polar surface area (TPSA) is 73.4 Å². The Bertz CT molecular complexity index is 1040. The number of halogens is 1. The maximum atomic E-state index is 6.54. The Morgan fingerprint density at radius 2 is 1.87 bits per heavy atom. The van der Waals surface area contributed by atoms with Gasteiger partial charge < -0.3 is 19.4 Å². The molecule has 0 unspecified atom stereocenters. The highest BCUT2D eigenvalue weighted by Gasteiger charge is 2.23. The number of H-pyrrole nitrogens is 1. The van der Waals surface area contributed by atoms with E-state index in [4.69, 9.17) is 16.3 Å². The minimum Gasteiger partial charge on any atom is -0.491 e. The van der Waals surface area contributed by atoms with Crippen LogP contribution < -0.4 is 14.5 Å². The summed E-state index contributed by atoms with van der Waals surface area (Å²) in [6.45, 7) is 9.22. The molecule has 1 aliphatic heterocycles. The number of aryl methyl sites for hydroxylation is 2. The fraction of sp³-hybridized carbons (Fsp3) is 0.500. The van der Waals surface area contributed by atoms with E-state index in [2.05, 4.69) is 48.7 Å². The summed E-state index contributed by atoms with van der Waals surface area (Å²) < 4.78 is 5.88. The van der Waals surface area contributed by atoms with Gasteiger partial charge in [-0.05, 0) is 45.1 Å². The van der Waals surface area contributed by atoms with Gasteiger partial charge in [-0.25, -0.2) is 9.97 Å². The van der Waals surface area contributed by atoms with E-state index in [0.29, 0.717) is 11.6 Å². The number of benzene rings is 1. The van der Waals surface area contributed by atoms with Crippen LogP contribution >= 0.6 is 11.6 Å². The fourth-order valence-corrected chi connectivity index (χ4v) is 4.20. The van der Waals surface area contributed by atoms with Crippen LogP contribution in [-0.4, -0.2) is 78.5 Å². The van der Waals surface area contributed by atoms with Gasteiger partial charge in [0.15, 0.2) is 5.65 Å². The SMILES string of the molecule is CCc1n[nH]c2ncnc(N3CCN(c4cc(Cl)c(OCCN(C)C)cc4C)CC3)c12. The second-order valence-corrected chi connectivity index (χ2v) is 8.55. The normalized spacial score (nSPS) is 14.6. The number of hydrogen-bond donors (Lipinski definition) is 1. The third-order valence-corrected chi connectivity index (χ3v) is 6.01. The Balaban J connectivity index is 1.47. The predicted molar refractivity (Wildman–Crippen MR) is 126 cm³/mol. The minimum absolute atomic E-state index is 0.616. The lowest BCUT2D eigenvalue weighted by Gasteiger charge is -2.37. The Morgan fingerprint density at radius 1 is 1.13 bits per heavy atom. The molecule has 0 saturated carbocycles. The predicted octanol–water partition coefficient (Wildman–Crippen LogP) is 3.14. The van der Waals surface area contributed by atoms with Crippen molar-refractivity contribution in [3.63, 3.8) is 0 Å². The van der Waals surface area contributed by atoms with Crippen molar-refractivity contribution in [2.24, 2.45) is 0 Å². The summed E-state index contributed by atoms with van der Waals surface area (Å²) >= 11 is 6.54. The summed E-state index contributed by atoms with van der Waals surface area (Å²) in [5.41, 5.74) is 4.15. The highest BCUT2D eigenvalue weighted by molar-refractivity contribution is 6.32. The molecule has 31 heavy (non-hydrogen) atoms. The number of anilines is 2. The second kappa shape index (κ2) is 9.28.